The van der Waals surface area contributed by atoms with E-state index >= 15 is 0 Å². The smallest absolute Gasteiger partial charge is 0.307 e. The van der Waals surface area contributed by atoms with E-state index in [2.05, 4.69) is 0 Å². The zero-order valence-corrected chi connectivity index (χ0v) is 22.8. The molecule has 3 aromatic carbocycles. The molecule has 0 fully saturated rings. The standard InChI is InChI=1S/C25H21NO4.C4H10O.C2H6/c1-14-19(13-21(27)28)23(16-5-3-4-6-17(16)25(14)29-2)18-7-8-20-22-15(10-12-30-20)9-11-26-24(18)22;1-4(2,3)5;1-2/h3-9,11H,10,12-13H2,1-2H3,(H,27,28);5H,1-3H3;1-2H3. The zero-order valence-electron chi connectivity index (χ0n) is 22.8. The Bertz CT molecular complexity index is 1400. The van der Waals surface area contributed by atoms with E-state index in [-0.39, 0.29) is 6.42 Å². The highest BCUT2D eigenvalue weighted by Gasteiger charge is 2.24. The lowest BCUT2D eigenvalue weighted by Gasteiger charge is -2.23. The highest BCUT2D eigenvalue weighted by Crippen LogP contribution is 2.45. The Morgan fingerprint density at radius 1 is 1.08 bits per heavy atom. The first-order chi connectivity index (χ1) is 17.6. The molecule has 6 nitrogen and oxygen atoms in total. The van der Waals surface area contributed by atoms with Crippen molar-refractivity contribution in [1.29, 1.82) is 0 Å². The Labute approximate surface area is 218 Å². The fourth-order valence-corrected chi connectivity index (χ4v) is 4.63. The lowest BCUT2D eigenvalue weighted by atomic mass is 9.86. The van der Waals surface area contributed by atoms with Crippen LogP contribution in [-0.4, -0.2) is 40.5 Å². The van der Waals surface area contributed by atoms with Crippen molar-refractivity contribution in [1.82, 2.24) is 4.98 Å². The van der Waals surface area contributed by atoms with Gasteiger partial charge in [0.2, 0.25) is 0 Å². The first kappa shape index (κ1) is 27.9. The Hall–Kier alpha value is -3.64. The number of hydrogen-bond donors (Lipinski definition) is 2. The number of fused-ring (bicyclic) bond motifs is 1. The number of carbonyl (C=O) groups is 1. The van der Waals surface area contributed by atoms with Gasteiger partial charge in [-0.05, 0) is 73.5 Å². The third-order valence-electron chi connectivity index (χ3n) is 5.91. The van der Waals surface area contributed by atoms with Crippen molar-refractivity contribution in [3.63, 3.8) is 0 Å². The second-order valence-electron chi connectivity index (χ2n) is 9.70. The maximum atomic E-state index is 11.8. The molecule has 5 rings (SSSR count). The number of nitrogens with zero attached hydrogens (tertiary/aromatic N) is 1. The van der Waals surface area contributed by atoms with Gasteiger partial charge >= 0.3 is 5.97 Å². The summed E-state index contributed by atoms with van der Waals surface area (Å²) in [5, 5.41) is 21.1. The monoisotopic (exact) mass is 503 g/mol. The molecule has 0 bridgehead atoms. The molecule has 0 amide bonds. The van der Waals surface area contributed by atoms with E-state index < -0.39 is 11.6 Å². The van der Waals surface area contributed by atoms with Gasteiger partial charge in [-0.1, -0.05) is 38.1 Å². The molecule has 4 aromatic rings. The van der Waals surface area contributed by atoms with E-state index in [0.717, 1.165) is 56.1 Å². The Kier molecular flexibility index (Phi) is 8.77. The minimum Gasteiger partial charge on any atom is -0.496 e. The molecule has 1 aliphatic rings. The number of carboxylic acid groups (broad SMARTS) is 1. The van der Waals surface area contributed by atoms with Crippen LogP contribution in [0.4, 0.5) is 0 Å². The average molecular weight is 504 g/mol. The van der Waals surface area contributed by atoms with E-state index in [9.17, 15) is 9.90 Å². The number of benzene rings is 3. The number of methoxy groups -OCH3 is 1. The summed E-state index contributed by atoms with van der Waals surface area (Å²) in [6, 6.07) is 14.0. The van der Waals surface area contributed by atoms with Crippen LogP contribution in [0.5, 0.6) is 11.5 Å². The van der Waals surface area contributed by atoms with Crippen molar-refractivity contribution in [2.45, 2.75) is 60.0 Å². The predicted molar refractivity (Wildman–Crippen MR) is 150 cm³/mol. The highest BCUT2D eigenvalue weighted by atomic mass is 16.5. The summed E-state index contributed by atoms with van der Waals surface area (Å²) in [6.07, 6.45) is 2.56. The van der Waals surface area contributed by atoms with Gasteiger partial charge in [0.1, 0.15) is 11.5 Å². The van der Waals surface area contributed by atoms with Crippen molar-refractivity contribution in [2.24, 2.45) is 0 Å². The summed E-state index contributed by atoms with van der Waals surface area (Å²) in [5.41, 5.74) is 4.94. The zero-order chi connectivity index (χ0) is 27.3. The molecule has 37 heavy (non-hydrogen) atoms. The second kappa shape index (κ2) is 11.6. The maximum absolute atomic E-state index is 11.8. The lowest BCUT2D eigenvalue weighted by Crippen LogP contribution is -2.10. The van der Waals surface area contributed by atoms with Gasteiger partial charge in [-0.15, -0.1) is 0 Å². The van der Waals surface area contributed by atoms with Gasteiger partial charge in [0.15, 0.2) is 0 Å². The maximum Gasteiger partial charge on any atom is 0.307 e. The van der Waals surface area contributed by atoms with Crippen LogP contribution in [-0.2, 0) is 17.6 Å². The molecule has 1 aliphatic heterocycles. The highest BCUT2D eigenvalue weighted by molar-refractivity contribution is 6.10. The van der Waals surface area contributed by atoms with Crippen molar-refractivity contribution < 1.29 is 24.5 Å². The number of aromatic nitrogens is 1. The van der Waals surface area contributed by atoms with Crippen LogP contribution in [0.15, 0.2) is 48.7 Å². The van der Waals surface area contributed by atoms with Gasteiger partial charge in [0, 0.05) is 29.0 Å². The molecule has 0 saturated carbocycles. The largest absolute Gasteiger partial charge is 0.496 e. The van der Waals surface area contributed by atoms with Crippen LogP contribution < -0.4 is 9.47 Å². The van der Waals surface area contributed by atoms with Gasteiger partial charge in [0.25, 0.3) is 0 Å². The molecular weight excluding hydrogens is 466 g/mol. The Balaban J connectivity index is 0.000000489. The van der Waals surface area contributed by atoms with Gasteiger partial charge < -0.3 is 19.7 Å². The summed E-state index contributed by atoms with van der Waals surface area (Å²) in [4.78, 5) is 16.5. The molecule has 0 saturated heterocycles. The van der Waals surface area contributed by atoms with Crippen molar-refractivity contribution in [3.05, 3.63) is 65.4 Å². The number of rotatable bonds is 4. The molecule has 2 heterocycles. The Morgan fingerprint density at radius 3 is 2.35 bits per heavy atom. The minimum atomic E-state index is -0.879. The van der Waals surface area contributed by atoms with E-state index in [1.54, 1.807) is 27.9 Å². The van der Waals surface area contributed by atoms with E-state index in [1.165, 1.54) is 5.56 Å². The van der Waals surface area contributed by atoms with Crippen molar-refractivity contribution in [3.8, 4) is 22.6 Å². The number of pyridine rings is 1. The normalized spacial score (nSPS) is 12.1. The van der Waals surface area contributed by atoms with Gasteiger partial charge in [-0.2, -0.15) is 0 Å². The van der Waals surface area contributed by atoms with Gasteiger partial charge in [-0.25, -0.2) is 0 Å². The summed E-state index contributed by atoms with van der Waals surface area (Å²) >= 11 is 0. The molecule has 196 valence electrons. The van der Waals surface area contributed by atoms with E-state index in [1.807, 2.05) is 69.4 Å². The van der Waals surface area contributed by atoms with Gasteiger partial charge in [-0.3, -0.25) is 9.78 Å². The number of carboxylic acids is 1. The number of aliphatic hydroxyl groups is 1. The van der Waals surface area contributed by atoms with Crippen LogP contribution in [0.2, 0.25) is 0 Å². The van der Waals surface area contributed by atoms with Crippen molar-refractivity contribution >= 4 is 27.6 Å². The molecule has 1 aromatic heterocycles. The number of aliphatic carboxylic acids is 1. The third-order valence-corrected chi connectivity index (χ3v) is 5.91. The fourth-order valence-electron chi connectivity index (χ4n) is 4.63. The first-order valence-electron chi connectivity index (χ1n) is 12.7. The number of ether oxygens (including phenoxy) is 2. The summed E-state index contributed by atoms with van der Waals surface area (Å²) in [5.74, 6) is 0.665. The molecule has 0 aliphatic carbocycles. The SMILES string of the molecule is CC.CC(C)(C)O.COc1c(C)c(CC(=O)O)c(-c2ccc3c4c(ccnc24)CCO3)c2ccccc12. The van der Waals surface area contributed by atoms with Crippen LogP contribution >= 0.6 is 0 Å². The topological polar surface area (TPSA) is 88.9 Å². The predicted octanol–water partition coefficient (Wildman–Crippen LogP) is 6.74. The number of hydrogen-bond acceptors (Lipinski definition) is 5. The van der Waals surface area contributed by atoms with Gasteiger partial charge in [0.05, 0.1) is 31.3 Å². The lowest BCUT2D eigenvalue weighted by molar-refractivity contribution is -0.136. The van der Waals surface area contributed by atoms with Crippen LogP contribution in [0, 0.1) is 6.92 Å². The first-order valence-corrected chi connectivity index (χ1v) is 12.7. The fraction of sp³-hybridized carbons (Fsp3) is 0.355. The third kappa shape index (κ3) is 6.03. The second-order valence-corrected chi connectivity index (χ2v) is 9.70. The molecule has 0 unspecified atom stereocenters. The van der Waals surface area contributed by atoms with Crippen LogP contribution in [0.3, 0.4) is 0 Å². The molecule has 0 spiro atoms. The summed E-state index contributed by atoms with van der Waals surface area (Å²) in [7, 11) is 1.63. The molecule has 0 radical (unpaired) electrons. The molecular formula is C31H37NO5. The van der Waals surface area contributed by atoms with Crippen LogP contribution in [0.25, 0.3) is 32.8 Å². The summed E-state index contributed by atoms with van der Waals surface area (Å²) in [6.45, 7) is 11.8. The Morgan fingerprint density at radius 2 is 1.73 bits per heavy atom. The van der Waals surface area contributed by atoms with Crippen LogP contribution in [0.1, 0.15) is 51.3 Å². The minimum absolute atomic E-state index is 0.0954. The van der Waals surface area contributed by atoms with Crippen molar-refractivity contribution in [2.75, 3.05) is 13.7 Å². The quantitative estimate of drug-likeness (QED) is 0.321. The molecule has 0 atom stereocenters. The molecule has 2 N–H and O–H groups in total. The van der Waals surface area contributed by atoms with E-state index in [4.69, 9.17) is 19.6 Å². The summed E-state index contributed by atoms with van der Waals surface area (Å²) < 4.78 is 11.6. The van der Waals surface area contributed by atoms with E-state index in [0.29, 0.717) is 12.4 Å². The molecule has 6 heteroatoms. The average Bonchev–Trinajstić information content (AvgIpc) is 2.86.